The van der Waals surface area contributed by atoms with Crippen LogP contribution < -0.4 is 5.32 Å². The monoisotopic (exact) mass is 328 g/mol. The standard InChI is InChI=1S/C14H11Cl3N2O/c15-11-3-1-2-9(6-11)4-5-18-14(20)10-7-12(16)13(17)19-8-10/h1-3,6-8H,4-5H2,(H,18,20). The van der Waals surface area contributed by atoms with Crippen molar-refractivity contribution in [3.8, 4) is 0 Å². The lowest BCUT2D eigenvalue weighted by Gasteiger charge is -2.06. The van der Waals surface area contributed by atoms with Crippen LogP contribution in [0.5, 0.6) is 0 Å². The third-order valence-electron chi connectivity index (χ3n) is 2.65. The van der Waals surface area contributed by atoms with Gasteiger partial charge in [-0.2, -0.15) is 0 Å². The van der Waals surface area contributed by atoms with Gasteiger partial charge in [0.05, 0.1) is 10.6 Å². The van der Waals surface area contributed by atoms with Crippen LogP contribution in [0.25, 0.3) is 0 Å². The Morgan fingerprint density at radius 2 is 2.00 bits per heavy atom. The first-order chi connectivity index (χ1) is 9.56. The summed E-state index contributed by atoms with van der Waals surface area (Å²) in [5, 5.41) is 3.91. The van der Waals surface area contributed by atoms with E-state index in [1.54, 1.807) is 0 Å². The molecule has 20 heavy (non-hydrogen) atoms. The molecule has 0 saturated carbocycles. The van der Waals surface area contributed by atoms with E-state index in [1.807, 2.05) is 24.3 Å². The lowest BCUT2D eigenvalue weighted by molar-refractivity contribution is 0.0954. The number of aromatic nitrogens is 1. The molecule has 2 aromatic rings. The zero-order chi connectivity index (χ0) is 14.5. The summed E-state index contributed by atoms with van der Waals surface area (Å²) in [7, 11) is 0. The SMILES string of the molecule is O=C(NCCc1cccc(Cl)c1)c1cnc(Cl)c(Cl)c1. The molecule has 104 valence electrons. The number of benzene rings is 1. The molecular formula is C14H11Cl3N2O. The smallest absolute Gasteiger partial charge is 0.252 e. The van der Waals surface area contributed by atoms with Crippen LogP contribution in [0, 0.1) is 0 Å². The van der Waals surface area contributed by atoms with E-state index < -0.39 is 0 Å². The minimum atomic E-state index is -0.238. The fraction of sp³-hybridized carbons (Fsp3) is 0.143. The largest absolute Gasteiger partial charge is 0.352 e. The van der Waals surface area contributed by atoms with Crippen molar-refractivity contribution in [3.05, 3.63) is 62.9 Å². The molecule has 1 amide bonds. The summed E-state index contributed by atoms with van der Waals surface area (Å²) in [6.45, 7) is 0.499. The highest BCUT2D eigenvalue weighted by molar-refractivity contribution is 6.41. The molecule has 1 heterocycles. The van der Waals surface area contributed by atoms with Gasteiger partial charge in [-0.3, -0.25) is 4.79 Å². The van der Waals surface area contributed by atoms with E-state index in [-0.39, 0.29) is 16.1 Å². The average molecular weight is 330 g/mol. The van der Waals surface area contributed by atoms with Crippen LogP contribution in [0.3, 0.4) is 0 Å². The van der Waals surface area contributed by atoms with Crippen molar-refractivity contribution in [2.45, 2.75) is 6.42 Å². The summed E-state index contributed by atoms with van der Waals surface area (Å²) >= 11 is 17.4. The van der Waals surface area contributed by atoms with Gasteiger partial charge in [0.15, 0.2) is 0 Å². The van der Waals surface area contributed by atoms with Crippen molar-refractivity contribution >= 4 is 40.7 Å². The predicted octanol–water partition coefficient (Wildman–Crippen LogP) is 4.01. The second-order valence-electron chi connectivity index (χ2n) is 4.13. The highest BCUT2D eigenvalue weighted by Gasteiger charge is 2.08. The summed E-state index contributed by atoms with van der Waals surface area (Å²) in [4.78, 5) is 15.7. The molecule has 1 aromatic heterocycles. The number of hydrogen-bond acceptors (Lipinski definition) is 2. The Morgan fingerprint density at radius 3 is 2.70 bits per heavy atom. The number of halogens is 3. The zero-order valence-corrected chi connectivity index (χ0v) is 12.6. The number of pyridine rings is 1. The molecule has 2 rings (SSSR count). The molecular weight excluding hydrogens is 319 g/mol. The molecule has 0 fully saturated rings. The second-order valence-corrected chi connectivity index (χ2v) is 5.33. The molecule has 1 aromatic carbocycles. The van der Waals surface area contributed by atoms with Crippen molar-refractivity contribution in [2.24, 2.45) is 0 Å². The van der Waals surface area contributed by atoms with Crippen molar-refractivity contribution in [1.82, 2.24) is 10.3 Å². The van der Waals surface area contributed by atoms with E-state index >= 15 is 0 Å². The molecule has 3 nitrogen and oxygen atoms in total. The highest BCUT2D eigenvalue weighted by atomic mass is 35.5. The first kappa shape index (κ1) is 15.1. The number of nitrogens with one attached hydrogen (secondary N) is 1. The van der Waals surface area contributed by atoms with Gasteiger partial charge < -0.3 is 5.32 Å². The maximum Gasteiger partial charge on any atom is 0.252 e. The first-order valence-corrected chi connectivity index (χ1v) is 7.03. The molecule has 0 aliphatic rings. The quantitative estimate of drug-likeness (QED) is 0.861. The third kappa shape index (κ3) is 4.10. The van der Waals surface area contributed by atoms with Crippen molar-refractivity contribution in [2.75, 3.05) is 6.54 Å². The number of nitrogens with zero attached hydrogens (tertiary/aromatic N) is 1. The zero-order valence-electron chi connectivity index (χ0n) is 10.4. The van der Waals surface area contributed by atoms with E-state index in [0.717, 1.165) is 5.56 Å². The molecule has 0 aliphatic heterocycles. The van der Waals surface area contributed by atoms with Crippen LogP contribution >= 0.6 is 34.8 Å². The van der Waals surface area contributed by atoms with Crippen LogP contribution in [-0.4, -0.2) is 17.4 Å². The number of rotatable bonds is 4. The summed E-state index contributed by atoms with van der Waals surface area (Å²) in [6.07, 6.45) is 2.09. The Bertz CT molecular complexity index is 632. The fourth-order valence-electron chi connectivity index (χ4n) is 1.66. The third-order valence-corrected chi connectivity index (χ3v) is 3.57. The van der Waals surface area contributed by atoms with Crippen LogP contribution in [0.15, 0.2) is 36.5 Å². The predicted molar refractivity (Wildman–Crippen MR) is 81.7 cm³/mol. The van der Waals surface area contributed by atoms with Crippen LogP contribution in [-0.2, 0) is 6.42 Å². The summed E-state index contributed by atoms with van der Waals surface area (Å²) < 4.78 is 0. The Hall–Kier alpha value is -1.29. The first-order valence-electron chi connectivity index (χ1n) is 5.90. The molecule has 0 spiro atoms. The normalized spacial score (nSPS) is 10.3. The molecule has 0 saturated heterocycles. The van der Waals surface area contributed by atoms with Gasteiger partial charge in [-0.15, -0.1) is 0 Å². The lowest BCUT2D eigenvalue weighted by atomic mass is 10.1. The van der Waals surface area contributed by atoms with Gasteiger partial charge in [0.25, 0.3) is 5.91 Å². The van der Waals surface area contributed by atoms with Crippen LogP contribution in [0.2, 0.25) is 15.2 Å². The minimum absolute atomic E-state index is 0.183. The molecule has 0 radical (unpaired) electrons. The average Bonchev–Trinajstić information content (AvgIpc) is 2.42. The fourth-order valence-corrected chi connectivity index (χ4v) is 2.14. The number of amides is 1. The van der Waals surface area contributed by atoms with Gasteiger partial charge in [-0.05, 0) is 30.2 Å². The Morgan fingerprint density at radius 1 is 1.20 bits per heavy atom. The highest BCUT2D eigenvalue weighted by Crippen LogP contribution is 2.19. The number of carbonyl (C=O) groups is 1. The topological polar surface area (TPSA) is 42.0 Å². The van der Waals surface area contributed by atoms with E-state index in [0.29, 0.717) is 23.6 Å². The van der Waals surface area contributed by atoms with Crippen molar-refractivity contribution < 1.29 is 4.79 Å². The maximum absolute atomic E-state index is 11.9. The molecule has 0 aliphatic carbocycles. The number of carbonyl (C=O) groups excluding carboxylic acids is 1. The lowest BCUT2D eigenvalue weighted by Crippen LogP contribution is -2.25. The van der Waals surface area contributed by atoms with Gasteiger partial charge in [0, 0.05) is 17.8 Å². The van der Waals surface area contributed by atoms with Crippen LogP contribution in [0.4, 0.5) is 0 Å². The molecule has 0 atom stereocenters. The Balaban J connectivity index is 1.90. The van der Waals surface area contributed by atoms with Crippen molar-refractivity contribution in [3.63, 3.8) is 0 Å². The van der Waals surface area contributed by atoms with Gasteiger partial charge in [0.1, 0.15) is 5.15 Å². The minimum Gasteiger partial charge on any atom is -0.352 e. The molecule has 6 heteroatoms. The summed E-state index contributed by atoms with van der Waals surface area (Å²) in [5.74, 6) is -0.238. The maximum atomic E-state index is 11.9. The van der Waals surface area contributed by atoms with E-state index in [9.17, 15) is 4.79 Å². The van der Waals surface area contributed by atoms with Gasteiger partial charge >= 0.3 is 0 Å². The Labute approximate surface area is 131 Å². The second kappa shape index (κ2) is 6.93. The van der Waals surface area contributed by atoms with Crippen molar-refractivity contribution in [1.29, 1.82) is 0 Å². The molecule has 0 bridgehead atoms. The van der Waals surface area contributed by atoms with Gasteiger partial charge in [-0.1, -0.05) is 46.9 Å². The summed E-state index contributed by atoms with van der Waals surface area (Å²) in [5.41, 5.74) is 1.44. The summed E-state index contributed by atoms with van der Waals surface area (Å²) in [6, 6.07) is 9.01. The molecule has 1 N–H and O–H groups in total. The van der Waals surface area contributed by atoms with Gasteiger partial charge in [-0.25, -0.2) is 4.98 Å². The Kier molecular flexibility index (Phi) is 5.24. The van der Waals surface area contributed by atoms with E-state index in [4.69, 9.17) is 34.8 Å². The molecule has 0 unspecified atom stereocenters. The van der Waals surface area contributed by atoms with E-state index in [1.165, 1.54) is 12.3 Å². The van der Waals surface area contributed by atoms with Crippen LogP contribution in [0.1, 0.15) is 15.9 Å². The van der Waals surface area contributed by atoms with E-state index in [2.05, 4.69) is 10.3 Å². The number of hydrogen-bond donors (Lipinski definition) is 1. The van der Waals surface area contributed by atoms with Gasteiger partial charge in [0.2, 0.25) is 0 Å².